The van der Waals surface area contributed by atoms with Crippen molar-refractivity contribution in [2.24, 2.45) is 0 Å². The molecule has 0 aliphatic heterocycles. The third kappa shape index (κ3) is 4.15. The zero-order chi connectivity index (χ0) is 14.6. The lowest BCUT2D eigenvalue weighted by Gasteiger charge is -2.26. The summed E-state index contributed by atoms with van der Waals surface area (Å²) >= 11 is 1.81. The Morgan fingerprint density at radius 2 is 1.90 bits per heavy atom. The first kappa shape index (κ1) is 15.2. The molecule has 20 heavy (non-hydrogen) atoms. The fourth-order valence-electron chi connectivity index (χ4n) is 2.23. The normalized spacial score (nSPS) is 13.4. The molecule has 2 rings (SSSR count). The molecule has 1 atom stereocenters. The summed E-state index contributed by atoms with van der Waals surface area (Å²) in [6.45, 7) is 7.64. The summed E-state index contributed by atoms with van der Waals surface area (Å²) in [4.78, 5) is 1.40. The Bertz CT molecular complexity index is 516. The van der Waals surface area contributed by atoms with Gasteiger partial charge in [0, 0.05) is 22.9 Å². The van der Waals surface area contributed by atoms with E-state index < -0.39 is 0 Å². The van der Waals surface area contributed by atoms with Crippen LogP contribution >= 0.6 is 11.3 Å². The molecular formula is C17H22FNS. The Morgan fingerprint density at radius 1 is 1.20 bits per heavy atom. The van der Waals surface area contributed by atoms with Crippen LogP contribution < -0.4 is 5.32 Å². The summed E-state index contributed by atoms with van der Waals surface area (Å²) in [5.74, 6) is -0.173. The molecule has 108 valence electrons. The van der Waals surface area contributed by atoms with Crippen LogP contribution in [0.2, 0.25) is 0 Å². The van der Waals surface area contributed by atoms with Crippen LogP contribution in [0.1, 0.15) is 31.2 Å². The highest BCUT2D eigenvalue weighted by Crippen LogP contribution is 2.26. The van der Waals surface area contributed by atoms with Crippen LogP contribution in [-0.2, 0) is 11.8 Å². The largest absolute Gasteiger partial charge is 0.313 e. The van der Waals surface area contributed by atoms with Crippen molar-refractivity contribution in [1.82, 2.24) is 5.32 Å². The maximum atomic E-state index is 12.9. The lowest BCUT2D eigenvalue weighted by molar-refractivity contribution is 0.433. The van der Waals surface area contributed by atoms with E-state index in [9.17, 15) is 4.39 Å². The van der Waals surface area contributed by atoms with Crippen molar-refractivity contribution < 1.29 is 4.39 Å². The van der Waals surface area contributed by atoms with Gasteiger partial charge in [0.2, 0.25) is 0 Å². The predicted molar refractivity (Wildman–Crippen MR) is 84.9 cm³/mol. The van der Waals surface area contributed by atoms with Crippen molar-refractivity contribution in [3.8, 4) is 0 Å². The van der Waals surface area contributed by atoms with Crippen LogP contribution in [0.3, 0.4) is 0 Å². The number of benzene rings is 1. The summed E-state index contributed by atoms with van der Waals surface area (Å²) in [6, 6.07) is 11.4. The van der Waals surface area contributed by atoms with E-state index in [1.165, 1.54) is 22.6 Å². The molecule has 1 heterocycles. The summed E-state index contributed by atoms with van der Waals surface area (Å²) in [5, 5.41) is 5.71. The van der Waals surface area contributed by atoms with Gasteiger partial charge in [-0.05, 0) is 42.5 Å². The quantitative estimate of drug-likeness (QED) is 0.832. The average molecular weight is 291 g/mol. The van der Waals surface area contributed by atoms with Gasteiger partial charge in [0.25, 0.3) is 0 Å². The fraction of sp³-hybridized carbons (Fsp3) is 0.412. The molecule has 1 aromatic heterocycles. The molecule has 0 saturated heterocycles. The summed E-state index contributed by atoms with van der Waals surface area (Å²) in [7, 11) is 0. The highest BCUT2D eigenvalue weighted by Gasteiger charge is 2.22. The topological polar surface area (TPSA) is 12.0 Å². The zero-order valence-electron chi connectivity index (χ0n) is 12.3. The van der Waals surface area contributed by atoms with Gasteiger partial charge in [-0.25, -0.2) is 4.39 Å². The Hall–Kier alpha value is -1.19. The van der Waals surface area contributed by atoms with Crippen LogP contribution in [0.5, 0.6) is 0 Å². The Kier molecular flexibility index (Phi) is 4.95. The lowest BCUT2D eigenvalue weighted by Crippen LogP contribution is -2.38. The summed E-state index contributed by atoms with van der Waals surface area (Å²) < 4.78 is 12.9. The first-order chi connectivity index (χ1) is 9.47. The van der Waals surface area contributed by atoms with Gasteiger partial charge in [-0.2, -0.15) is 0 Å². The van der Waals surface area contributed by atoms with Crippen LogP contribution in [0.25, 0.3) is 0 Å². The standard InChI is InChI=1S/C17H22FNS/c1-13(11-14-6-8-15(18)9-7-14)19-12-17(2,3)16-5-4-10-20-16/h4-10,13,19H,11-12H2,1-3H3. The molecule has 0 saturated carbocycles. The Balaban J connectivity index is 1.86. The van der Waals surface area contributed by atoms with E-state index in [-0.39, 0.29) is 11.2 Å². The van der Waals surface area contributed by atoms with Crippen molar-refractivity contribution in [3.05, 3.63) is 58.0 Å². The van der Waals surface area contributed by atoms with Crippen molar-refractivity contribution in [2.75, 3.05) is 6.54 Å². The monoisotopic (exact) mass is 291 g/mol. The highest BCUT2D eigenvalue weighted by molar-refractivity contribution is 7.10. The van der Waals surface area contributed by atoms with Gasteiger partial charge >= 0.3 is 0 Å². The number of halogens is 1. The van der Waals surface area contributed by atoms with Crippen LogP contribution in [0.15, 0.2) is 41.8 Å². The van der Waals surface area contributed by atoms with Gasteiger partial charge in [0.15, 0.2) is 0 Å². The van der Waals surface area contributed by atoms with E-state index in [0.717, 1.165) is 13.0 Å². The van der Waals surface area contributed by atoms with Crippen LogP contribution in [0.4, 0.5) is 4.39 Å². The van der Waals surface area contributed by atoms with E-state index >= 15 is 0 Å². The molecule has 0 aliphatic carbocycles. The minimum absolute atomic E-state index is 0.144. The van der Waals surface area contributed by atoms with Crippen molar-refractivity contribution in [2.45, 2.75) is 38.6 Å². The highest BCUT2D eigenvalue weighted by atomic mass is 32.1. The van der Waals surface area contributed by atoms with Crippen LogP contribution in [-0.4, -0.2) is 12.6 Å². The van der Waals surface area contributed by atoms with E-state index in [0.29, 0.717) is 6.04 Å². The summed E-state index contributed by atoms with van der Waals surface area (Å²) in [5.41, 5.74) is 1.31. The first-order valence-electron chi connectivity index (χ1n) is 6.99. The second-order valence-corrected chi connectivity index (χ2v) is 6.92. The number of hydrogen-bond donors (Lipinski definition) is 1. The third-order valence-electron chi connectivity index (χ3n) is 3.54. The molecule has 1 aromatic carbocycles. The SMILES string of the molecule is CC(Cc1ccc(F)cc1)NCC(C)(C)c1cccs1. The molecule has 1 unspecified atom stereocenters. The van der Waals surface area contributed by atoms with Crippen molar-refractivity contribution >= 4 is 11.3 Å². The number of rotatable bonds is 6. The molecule has 0 amide bonds. The number of nitrogens with one attached hydrogen (secondary N) is 1. The molecule has 0 bridgehead atoms. The van der Waals surface area contributed by atoms with Gasteiger partial charge in [-0.15, -0.1) is 11.3 Å². The van der Waals surface area contributed by atoms with Gasteiger partial charge in [0.05, 0.1) is 0 Å². The predicted octanol–water partition coefficient (Wildman–Crippen LogP) is 4.39. The number of hydrogen-bond acceptors (Lipinski definition) is 2. The molecule has 0 radical (unpaired) electrons. The average Bonchev–Trinajstić information content (AvgIpc) is 2.94. The molecule has 0 fully saturated rings. The molecule has 1 nitrogen and oxygen atoms in total. The van der Waals surface area contributed by atoms with E-state index in [1.54, 1.807) is 11.3 Å². The van der Waals surface area contributed by atoms with E-state index in [2.05, 4.69) is 43.6 Å². The molecule has 2 aromatic rings. The maximum Gasteiger partial charge on any atom is 0.123 e. The van der Waals surface area contributed by atoms with E-state index in [1.807, 2.05) is 12.1 Å². The van der Waals surface area contributed by atoms with Gasteiger partial charge in [-0.1, -0.05) is 32.0 Å². The van der Waals surface area contributed by atoms with Crippen molar-refractivity contribution in [1.29, 1.82) is 0 Å². The van der Waals surface area contributed by atoms with Gasteiger partial charge < -0.3 is 5.32 Å². The first-order valence-corrected chi connectivity index (χ1v) is 7.87. The Morgan fingerprint density at radius 3 is 2.50 bits per heavy atom. The lowest BCUT2D eigenvalue weighted by atomic mass is 9.91. The second-order valence-electron chi connectivity index (χ2n) is 5.97. The molecule has 3 heteroatoms. The van der Waals surface area contributed by atoms with Crippen molar-refractivity contribution in [3.63, 3.8) is 0 Å². The number of thiophene rings is 1. The van der Waals surface area contributed by atoms with Crippen LogP contribution in [0, 0.1) is 5.82 Å². The molecule has 0 spiro atoms. The Labute approximate surface area is 124 Å². The second kappa shape index (κ2) is 6.51. The minimum atomic E-state index is -0.173. The van der Waals surface area contributed by atoms with Gasteiger partial charge in [-0.3, -0.25) is 0 Å². The fourth-order valence-corrected chi connectivity index (χ4v) is 3.08. The maximum absolute atomic E-state index is 12.9. The molecule has 0 aliphatic rings. The van der Waals surface area contributed by atoms with Gasteiger partial charge in [0.1, 0.15) is 5.82 Å². The molecule has 1 N–H and O–H groups in total. The summed E-state index contributed by atoms with van der Waals surface area (Å²) in [6.07, 6.45) is 0.917. The van der Waals surface area contributed by atoms with E-state index in [4.69, 9.17) is 0 Å². The minimum Gasteiger partial charge on any atom is -0.313 e. The molecular weight excluding hydrogens is 269 g/mol. The smallest absolute Gasteiger partial charge is 0.123 e. The third-order valence-corrected chi connectivity index (χ3v) is 4.77. The zero-order valence-corrected chi connectivity index (χ0v) is 13.1.